The Labute approximate surface area is 88.2 Å². The first kappa shape index (κ1) is 13.0. The van der Waals surface area contributed by atoms with Crippen LogP contribution in [-0.2, 0) is 4.79 Å². The summed E-state index contributed by atoms with van der Waals surface area (Å²) in [5, 5.41) is 26.8. The molecule has 4 nitrogen and oxygen atoms in total. The van der Waals surface area contributed by atoms with Gasteiger partial charge in [-0.2, -0.15) is 0 Å². The first-order valence-corrected chi connectivity index (χ1v) is 4.35. The Morgan fingerprint density at radius 3 is 1.93 bits per heavy atom. The number of hydrogen-bond acceptors (Lipinski definition) is 3. The summed E-state index contributed by atoms with van der Waals surface area (Å²) in [4.78, 5) is 10.2. The van der Waals surface area contributed by atoms with Gasteiger partial charge >= 0.3 is 5.97 Å². The number of carboxylic acids is 1. The molecule has 0 atom stereocenters. The van der Waals surface area contributed by atoms with Crippen LogP contribution in [-0.4, -0.2) is 21.3 Å². The van der Waals surface area contributed by atoms with Crippen LogP contribution in [0.2, 0.25) is 0 Å². The molecular weight excluding hydrogens is 196 g/mol. The molecule has 0 heterocycles. The minimum absolute atomic E-state index is 0.252. The number of aliphatic carboxylic acids is 1. The topological polar surface area (TPSA) is 77.8 Å². The van der Waals surface area contributed by atoms with Gasteiger partial charge in [0.1, 0.15) is 0 Å². The highest BCUT2D eigenvalue weighted by atomic mass is 16.4. The van der Waals surface area contributed by atoms with Crippen LogP contribution in [0.3, 0.4) is 0 Å². The lowest BCUT2D eigenvalue weighted by atomic mass is 10.2. The lowest BCUT2D eigenvalue weighted by Gasteiger charge is -1.98. The van der Waals surface area contributed by atoms with Crippen molar-refractivity contribution in [2.24, 2.45) is 0 Å². The van der Waals surface area contributed by atoms with E-state index in [4.69, 9.17) is 10.2 Å². The van der Waals surface area contributed by atoms with E-state index in [2.05, 4.69) is 0 Å². The van der Waals surface area contributed by atoms with Crippen molar-refractivity contribution in [3.05, 3.63) is 47.5 Å². The van der Waals surface area contributed by atoms with Gasteiger partial charge in [-0.3, -0.25) is 0 Å². The third kappa shape index (κ3) is 5.36. The summed E-state index contributed by atoms with van der Waals surface area (Å²) in [6.45, 7) is 3.26. The molecule has 0 spiro atoms. The van der Waals surface area contributed by atoms with Gasteiger partial charge < -0.3 is 15.3 Å². The van der Waals surface area contributed by atoms with Gasteiger partial charge in [0, 0.05) is 6.08 Å². The summed E-state index contributed by atoms with van der Waals surface area (Å²) in [7, 11) is 0. The van der Waals surface area contributed by atoms with Crippen molar-refractivity contribution in [1.82, 2.24) is 0 Å². The molecular formula is C11H14O4. The molecule has 15 heavy (non-hydrogen) atoms. The van der Waals surface area contributed by atoms with E-state index in [9.17, 15) is 9.90 Å². The van der Waals surface area contributed by atoms with Gasteiger partial charge in [-0.1, -0.05) is 6.08 Å². The van der Waals surface area contributed by atoms with Crippen LogP contribution in [0.4, 0.5) is 0 Å². The van der Waals surface area contributed by atoms with Crippen molar-refractivity contribution in [2.75, 3.05) is 0 Å². The summed E-state index contributed by atoms with van der Waals surface area (Å²) < 4.78 is 0. The summed E-state index contributed by atoms with van der Waals surface area (Å²) in [6, 6.07) is 0. The molecule has 0 fully saturated rings. The minimum Gasteiger partial charge on any atom is -0.504 e. The van der Waals surface area contributed by atoms with Crippen molar-refractivity contribution in [3.63, 3.8) is 0 Å². The highest BCUT2D eigenvalue weighted by Gasteiger charge is 1.98. The number of aliphatic hydroxyl groups is 2. The lowest BCUT2D eigenvalue weighted by Crippen LogP contribution is -1.89. The average Bonchev–Trinajstić information content (AvgIpc) is 2.22. The first-order valence-electron chi connectivity index (χ1n) is 4.35. The van der Waals surface area contributed by atoms with Gasteiger partial charge in [-0.15, -0.1) is 0 Å². The molecule has 82 valence electrons. The maximum absolute atomic E-state index is 10.2. The number of allylic oxidation sites excluding steroid dienone is 5. The highest BCUT2D eigenvalue weighted by Crippen LogP contribution is 2.08. The molecule has 0 radical (unpaired) electrons. The normalized spacial score (nSPS) is 14.7. The lowest BCUT2D eigenvalue weighted by molar-refractivity contribution is -0.131. The Morgan fingerprint density at radius 2 is 1.53 bits per heavy atom. The van der Waals surface area contributed by atoms with Crippen molar-refractivity contribution < 1.29 is 20.1 Å². The van der Waals surface area contributed by atoms with Crippen molar-refractivity contribution in [1.29, 1.82) is 0 Å². The summed E-state index contributed by atoms with van der Waals surface area (Å²) in [5.41, 5.74) is 0.489. The molecule has 0 aromatic heterocycles. The smallest absolute Gasteiger partial charge is 0.328 e. The van der Waals surface area contributed by atoms with Crippen LogP contribution < -0.4 is 0 Å². The molecule has 0 amide bonds. The van der Waals surface area contributed by atoms with Crippen LogP contribution in [0, 0.1) is 0 Å². The number of carbonyl (C=O) groups is 1. The Bertz CT molecular complexity index is 346. The van der Waals surface area contributed by atoms with E-state index in [0.29, 0.717) is 5.57 Å². The highest BCUT2D eigenvalue weighted by molar-refractivity contribution is 5.80. The Balaban J connectivity index is 4.82. The number of hydrogen-bond donors (Lipinski definition) is 3. The molecule has 4 heteroatoms. The summed E-state index contributed by atoms with van der Waals surface area (Å²) in [6.07, 6.45) is 6.49. The molecule has 0 saturated heterocycles. The maximum Gasteiger partial charge on any atom is 0.328 e. The zero-order valence-corrected chi connectivity index (χ0v) is 8.64. The second kappa shape index (κ2) is 6.48. The zero-order chi connectivity index (χ0) is 11.8. The molecule has 0 aliphatic heterocycles. The summed E-state index contributed by atoms with van der Waals surface area (Å²) in [5.74, 6) is -1.63. The number of aliphatic hydroxyl groups excluding tert-OH is 2. The summed E-state index contributed by atoms with van der Waals surface area (Å²) >= 11 is 0. The Kier molecular flexibility index (Phi) is 5.63. The van der Waals surface area contributed by atoms with Crippen LogP contribution >= 0.6 is 0 Å². The SMILES string of the molecule is C/C=C(/C=C/C(=O)O)\C=C(O)/C(O)=C\C. The first-order chi connectivity index (χ1) is 7.01. The van der Waals surface area contributed by atoms with E-state index in [1.807, 2.05) is 0 Å². The van der Waals surface area contributed by atoms with Crippen molar-refractivity contribution >= 4 is 5.97 Å². The molecule has 3 N–H and O–H groups in total. The van der Waals surface area contributed by atoms with Crippen molar-refractivity contribution in [3.8, 4) is 0 Å². The van der Waals surface area contributed by atoms with E-state index < -0.39 is 5.97 Å². The predicted molar refractivity (Wildman–Crippen MR) is 57.6 cm³/mol. The second-order valence-electron chi connectivity index (χ2n) is 2.66. The number of rotatable bonds is 4. The van der Waals surface area contributed by atoms with Gasteiger partial charge in [0.2, 0.25) is 0 Å². The maximum atomic E-state index is 10.2. The average molecular weight is 210 g/mol. The van der Waals surface area contributed by atoms with Gasteiger partial charge in [-0.25, -0.2) is 4.79 Å². The molecule has 0 aromatic carbocycles. The predicted octanol–water partition coefficient (Wildman–Crippen LogP) is 2.48. The Hall–Kier alpha value is -1.97. The Morgan fingerprint density at radius 1 is 0.933 bits per heavy atom. The quantitative estimate of drug-likeness (QED) is 0.378. The third-order valence-electron chi connectivity index (χ3n) is 1.59. The number of carboxylic acid groups (broad SMARTS) is 1. The second-order valence-corrected chi connectivity index (χ2v) is 2.66. The van der Waals surface area contributed by atoms with Crippen molar-refractivity contribution in [2.45, 2.75) is 13.8 Å². The molecule has 0 unspecified atom stereocenters. The fourth-order valence-electron chi connectivity index (χ4n) is 0.775. The van der Waals surface area contributed by atoms with Crippen LogP contribution in [0.1, 0.15) is 13.8 Å². The van der Waals surface area contributed by atoms with Gasteiger partial charge in [0.25, 0.3) is 0 Å². The van der Waals surface area contributed by atoms with E-state index in [-0.39, 0.29) is 11.5 Å². The van der Waals surface area contributed by atoms with Crippen LogP contribution in [0.25, 0.3) is 0 Å². The standard InChI is InChI=1S/C11H14O4/c1-3-8(5-6-11(14)15)7-10(13)9(12)4-2/h3-7,12-13H,1-2H3,(H,14,15)/b6-5+,8-3-,9-4+,10-7+. The molecule has 0 aromatic rings. The van der Waals surface area contributed by atoms with E-state index in [1.54, 1.807) is 19.9 Å². The van der Waals surface area contributed by atoms with E-state index in [1.165, 1.54) is 18.2 Å². The molecule has 0 aliphatic rings. The molecule has 0 saturated carbocycles. The van der Waals surface area contributed by atoms with E-state index in [0.717, 1.165) is 6.08 Å². The molecule has 0 aliphatic carbocycles. The van der Waals surface area contributed by atoms with Gasteiger partial charge in [0.05, 0.1) is 0 Å². The fourth-order valence-corrected chi connectivity index (χ4v) is 0.775. The van der Waals surface area contributed by atoms with Crippen LogP contribution in [0.15, 0.2) is 47.5 Å². The molecule has 0 bridgehead atoms. The monoisotopic (exact) mass is 210 g/mol. The van der Waals surface area contributed by atoms with E-state index >= 15 is 0 Å². The van der Waals surface area contributed by atoms with Gasteiger partial charge in [0.15, 0.2) is 11.5 Å². The molecule has 0 rings (SSSR count). The minimum atomic E-state index is -1.07. The fraction of sp³-hybridized carbons (Fsp3) is 0.182. The van der Waals surface area contributed by atoms with Crippen LogP contribution in [0.5, 0.6) is 0 Å². The third-order valence-corrected chi connectivity index (χ3v) is 1.59. The zero-order valence-electron chi connectivity index (χ0n) is 8.64. The van der Waals surface area contributed by atoms with Gasteiger partial charge in [-0.05, 0) is 37.6 Å². The largest absolute Gasteiger partial charge is 0.504 e.